The molecule has 1 aliphatic carbocycles. The summed E-state index contributed by atoms with van der Waals surface area (Å²) in [6, 6.07) is -3.23. The number of nitrogens with one attached hydrogen (secondary N) is 1. The summed E-state index contributed by atoms with van der Waals surface area (Å²) in [7, 11) is 0. The first-order chi connectivity index (χ1) is 14.8. The maximum Gasteiger partial charge on any atom is 0.411 e. The average molecular weight is 491 g/mol. The van der Waals surface area contributed by atoms with Crippen molar-refractivity contribution in [1.82, 2.24) is 5.32 Å². The first-order valence-corrected chi connectivity index (χ1v) is 10.7. The van der Waals surface area contributed by atoms with E-state index in [4.69, 9.17) is 0 Å². The summed E-state index contributed by atoms with van der Waals surface area (Å²) in [6.45, 7) is 3.37. The number of aliphatic hydroxyl groups excluding tert-OH is 2. The zero-order chi connectivity index (χ0) is 25.6. The second-order valence-electron chi connectivity index (χ2n) is 10.4. The molecule has 1 aliphatic heterocycles. The molecular weight excluding hydrogens is 460 g/mol. The zero-order valence-corrected chi connectivity index (χ0v) is 18.9. The van der Waals surface area contributed by atoms with E-state index in [0.29, 0.717) is 0 Å². The van der Waals surface area contributed by atoms with Crippen LogP contribution < -0.4 is 5.32 Å². The fraction of sp³-hybridized carbons (Fsp3) is 0.905. The summed E-state index contributed by atoms with van der Waals surface area (Å²) in [5, 5.41) is 23.9. The van der Waals surface area contributed by atoms with Gasteiger partial charge in [0.2, 0.25) is 0 Å². The summed E-state index contributed by atoms with van der Waals surface area (Å²) in [5.41, 5.74) is -4.83. The van der Waals surface area contributed by atoms with Crippen LogP contribution in [0.5, 0.6) is 0 Å². The second kappa shape index (κ2) is 9.09. The van der Waals surface area contributed by atoms with Gasteiger partial charge in [0.1, 0.15) is 24.3 Å². The minimum absolute atomic E-state index is 0.157. The van der Waals surface area contributed by atoms with Crippen molar-refractivity contribution in [3.63, 3.8) is 0 Å². The van der Waals surface area contributed by atoms with E-state index < -0.39 is 90.6 Å². The molecule has 0 radical (unpaired) electrons. The third-order valence-electron chi connectivity index (χ3n) is 7.17. The minimum Gasteiger partial charge on any atom is -0.391 e. The number of halogens is 6. The number of piperidine rings is 1. The topological polar surface area (TPSA) is 95.9 Å². The smallest absolute Gasteiger partial charge is 0.391 e. The normalized spacial score (nSPS) is 37.1. The highest BCUT2D eigenvalue weighted by molar-refractivity contribution is 6.03. The Kier molecular flexibility index (Phi) is 7.71. The van der Waals surface area contributed by atoms with Crippen molar-refractivity contribution >= 4 is 12.1 Å². The first kappa shape index (κ1) is 28.0. The summed E-state index contributed by atoms with van der Waals surface area (Å²) < 4.78 is 81.9. The van der Waals surface area contributed by atoms with Gasteiger partial charge in [0, 0.05) is 11.5 Å². The van der Waals surface area contributed by atoms with Gasteiger partial charge in [-0.25, -0.2) is 0 Å². The van der Waals surface area contributed by atoms with Gasteiger partial charge in [-0.15, -0.1) is 0 Å². The van der Waals surface area contributed by atoms with Crippen molar-refractivity contribution in [3.8, 4) is 0 Å². The second-order valence-corrected chi connectivity index (χ2v) is 10.4. The lowest BCUT2D eigenvalue weighted by Gasteiger charge is -2.56. The lowest BCUT2D eigenvalue weighted by molar-refractivity contribution is -0.203. The maximum atomic E-state index is 13.3. The fourth-order valence-electron chi connectivity index (χ4n) is 5.44. The Morgan fingerprint density at radius 2 is 1.64 bits per heavy atom. The Bertz CT molecular complexity index is 738. The number of aliphatic hydroxyl groups is 2. The molecule has 33 heavy (non-hydrogen) atoms. The highest BCUT2D eigenvalue weighted by Crippen LogP contribution is 2.54. The Balaban J connectivity index is 2.37. The van der Waals surface area contributed by atoms with Gasteiger partial charge in [-0.3, -0.25) is 4.79 Å². The van der Waals surface area contributed by atoms with Gasteiger partial charge in [-0.1, -0.05) is 27.7 Å². The van der Waals surface area contributed by atoms with Crippen molar-refractivity contribution < 1.29 is 50.9 Å². The highest BCUT2D eigenvalue weighted by atomic mass is 19.4. The lowest BCUT2D eigenvalue weighted by Crippen LogP contribution is -2.68. The predicted octanol–water partition coefficient (Wildman–Crippen LogP) is 2.80. The van der Waals surface area contributed by atoms with E-state index >= 15 is 0 Å². The molecule has 6 nitrogen and oxygen atoms in total. The molecule has 2 fully saturated rings. The molecular formula is C21H31F6NO5. The van der Waals surface area contributed by atoms with E-state index in [1.165, 1.54) is 27.7 Å². The van der Waals surface area contributed by atoms with E-state index in [2.05, 4.69) is 10.1 Å². The number of hydrogen-bond donors (Lipinski definition) is 3. The summed E-state index contributed by atoms with van der Waals surface area (Å²) in [4.78, 5) is 25.6. The van der Waals surface area contributed by atoms with Gasteiger partial charge in [-0.05, 0) is 25.2 Å². The number of carbonyl (C=O) groups is 2. The number of aldehydes is 1. The number of alkyl halides is 6. The number of rotatable bonds is 6. The van der Waals surface area contributed by atoms with Crippen molar-refractivity contribution in [2.24, 2.45) is 22.2 Å². The summed E-state index contributed by atoms with van der Waals surface area (Å²) in [5.74, 6) is -1.64. The van der Waals surface area contributed by atoms with E-state index in [0.717, 1.165) is 0 Å². The molecule has 1 heterocycles. The largest absolute Gasteiger partial charge is 0.411 e. The molecule has 3 N–H and O–H groups in total. The molecule has 0 aromatic rings. The maximum absolute atomic E-state index is 13.3. The van der Waals surface area contributed by atoms with E-state index in [-0.39, 0.29) is 12.7 Å². The van der Waals surface area contributed by atoms with Crippen molar-refractivity contribution in [2.75, 3.05) is 13.2 Å². The summed E-state index contributed by atoms with van der Waals surface area (Å²) in [6.07, 6.45) is -13.0. The first-order valence-electron chi connectivity index (χ1n) is 10.7. The Labute approximate surface area is 188 Å². The third-order valence-corrected chi connectivity index (χ3v) is 7.17. The van der Waals surface area contributed by atoms with Crippen LogP contribution in [0.15, 0.2) is 0 Å². The van der Waals surface area contributed by atoms with Crippen LogP contribution in [0.3, 0.4) is 0 Å². The number of carbonyl (C=O) groups excluding carboxylic acids is 2. The van der Waals surface area contributed by atoms with Crippen LogP contribution in [0, 0.1) is 22.2 Å². The number of hydrogen-bond acceptors (Lipinski definition) is 6. The number of Topliss-reactive ketones (excluding diaryl/α,β-unsaturated/α-hetero) is 1. The van der Waals surface area contributed by atoms with Crippen LogP contribution in [0.2, 0.25) is 0 Å². The third kappa shape index (κ3) is 5.38. The van der Waals surface area contributed by atoms with Crippen molar-refractivity contribution in [2.45, 2.75) is 83.6 Å². The molecule has 1 saturated carbocycles. The molecule has 0 aromatic carbocycles. The van der Waals surface area contributed by atoms with Gasteiger partial charge in [0.25, 0.3) is 0 Å². The molecule has 12 heteroatoms. The standard InChI is InChI=1S/C21H31F6NO5/c1-17(2)14(30)18(3,4)16(32)19(9-29,15(17)31)7-11-5-6-13(21(25,26)27)28-12(11)8-33-10-20(22,23)24/h9,11-15,28,30-31H,5-8,10H2,1-4H3. The molecule has 6 atom stereocenters. The SMILES string of the molecule is CC1(C)C(=O)C(C=O)(CC2CCC(C(F)(F)F)NC2COCC(F)(F)F)C(O)C(C)(C)C1O. The zero-order valence-electron chi connectivity index (χ0n) is 18.9. The van der Waals surface area contributed by atoms with Crippen LogP contribution in [0.1, 0.15) is 47.0 Å². The van der Waals surface area contributed by atoms with Crippen LogP contribution in [-0.4, -0.2) is 72.1 Å². The molecule has 0 amide bonds. The van der Waals surface area contributed by atoms with Crippen molar-refractivity contribution in [1.29, 1.82) is 0 Å². The quantitative estimate of drug-likeness (QED) is 0.301. The molecule has 192 valence electrons. The van der Waals surface area contributed by atoms with E-state index in [9.17, 15) is 46.1 Å². The van der Waals surface area contributed by atoms with Crippen LogP contribution in [0.4, 0.5) is 26.3 Å². The molecule has 0 spiro atoms. The van der Waals surface area contributed by atoms with Crippen molar-refractivity contribution in [3.05, 3.63) is 0 Å². The van der Waals surface area contributed by atoms with E-state index in [1.807, 2.05) is 0 Å². The van der Waals surface area contributed by atoms with E-state index in [1.54, 1.807) is 0 Å². The molecule has 0 aromatic heterocycles. The summed E-state index contributed by atoms with van der Waals surface area (Å²) >= 11 is 0. The van der Waals surface area contributed by atoms with Gasteiger partial charge in [-0.2, -0.15) is 26.3 Å². The number of ether oxygens (including phenoxy) is 1. The minimum atomic E-state index is -4.68. The lowest BCUT2D eigenvalue weighted by atomic mass is 9.49. The molecule has 0 bridgehead atoms. The molecule has 2 aliphatic rings. The van der Waals surface area contributed by atoms with Gasteiger partial charge in [0.05, 0.1) is 24.2 Å². The van der Waals surface area contributed by atoms with Gasteiger partial charge in [0.15, 0.2) is 5.78 Å². The highest BCUT2D eigenvalue weighted by Gasteiger charge is 2.66. The fourth-order valence-corrected chi connectivity index (χ4v) is 5.44. The van der Waals surface area contributed by atoms with Crippen LogP contribution in [0.25, 0.3) is 0 Å². The Morgan fingerprint density at radius 3 is 2.12 bits per heavy atom. The number of ketones is 1. The van der Waals surface area contributed by atoms with Gasteiger partial charge < -0.3 is 25.1 Å². The monoisotopic (exact) mass is 491 g/mol. The Morgan fingerprint density at radius 1 is 1.06 bits per heavy atom. The van der Waals surface area contributed by atoms with Gasteiger partial charge >= 0.3 is 12.4 Å². The average Bonchev–Trinajstić information content (AvgIpc) is 2.68. The molecule has 2 rings (SSSR count). The van der Waals surface area contributed by atoms with Crippen LogP contribution in [-0.2, 0) is 14.3 Å². The molecule has 1 saturated heterocycles. The Hall–Kier alpha value is -1.24. The predicted molar refractivity (Wildman–Crippen MR) is 104 cm³/mol. The molecule has 6 unspecified atom stereocenters. The van der Waals surface area contributed by atoms with Crippen LogP contribution >= 0.6 is 0 Å².